The molecule has 1 fully saturated rings. The first-order valence-electron chi connectivity index (χ1n) is 6.47. The predicted molar refractivity (Wildman–Crippen MR) is 71.4 cm³/mol. The number of nitrogens with one attached hydrogen (secondary N) is 1. The lowest BCUT2D eigenvalue weighted by molar-refractivity contribution is -0.122. The number of benzene rings is 1. The summed E-state index contributed by atoms with van der Waals surface area (Å²) in [5.74, 6) is 0.187. The maximum Gasteiger partial charge on any atom is 0.227 e. The molecule has 0 unspecified atom stereocenters. The zero-order valence-electron chi connectivity index (χ0n) is 10.5. The highest BCUT2D eigenvalue weighted by atomic mass is 16.5. The Hall–Kier alpha value is -1.39. The van der Waals surface area contributed by atoms with Crippen LogP contribution in [0.15, 0.2) is 24.3 Å². The van der Waals surface area contributed by atoms with Crippen molar-refractivity contribution in [3.63, 3.8) is 0 Å². The quantitative estimate of drug-likeness (QED) is 0.849. The molecule has 98 valence electrons. The smallest absolute Gasteiger partial charge is 0.227 e. The van der Waals surface area contributed by atoms with Gasteiger partial charge in [-0.1, -0.05) is 12.1 Å². The van der Waals surface area contributed by atoms with Gasteiger partial charge >= 0.3 is 0 Å². The minimum atomic E-state index is 0.0856. The van der Waals surface area contributed by atoms with E-state index in [0.717, 1.165) is 24.9 Å². The van der Waals surface area contributed by atoms with Gasteiger partial charge in [0.15, 0.2) is 0 Å². The van der Waals surface area contributed by atoms with Crippen LogP contribution in [0, 0.1) is 5.92 Å². The first-order chi connectivity index (χ1) is 8.79. The number of anilines is 1. The van der Waals surface area contributed by atoms with Gasteiger partial charge in [-0.25, -0.2) is 0 Å². The molecule has 4 nitrogen and oxygen atoms in total. The third-order valence-electron chi connectivity index (χ3n) is 3.25. The molecule has 1 aromatic rings. The molecule has 1 amide bonds. The van der Waals surface area contributed by atoms with E-state index in [1.54, 1.807) is 0 Å². The van der Waals surface area contributed by atoms with Crippen LogP contribution < -0.4 is 11.1 Å². The number of rotatable bonds is 4. The number of amides is 1. The van der Waals surface area contributed by atoms with Crippen LogP contribution in [0.25, 0.3) is 0 Å². The number of hydrogen-bond donors (Lipinski definition) is 2. The van der Waals surface area contributed by atoms with Crippen molar-refractivity contribution in [3.05, 3.63) is 29.8 Å². The minimum absolute atomic E-state index is 0.0856. The number of ether oxygens (including phenoxy) is 1. The summed E-state index contributed by atoms with van der Waals surface area (Å²) in [4.78, 5) is 12.0. The number of carbonyl (C=O) groups excluding carboxylic acids is 1. The van der Waals surface area contributed by atoms with Crippen LogP contribution in [-0.2, 0) is 16.0 Å². The normalized spacial score (nSPS) is 16.5. The molecule has 1 aliphatic rings. The Bertz CT molecular complexity index is 383. The van der Waals surface area contributed by atoms with E-state index in [9.17, 15) is 4.79 Å². The summed E-state index contributed by atoms with van der Waals surface area (Å²) in [5.41, 5.74) is 7.55. The van der Waals surface area contributed by atoms with Crippen molar-refractivity contribution >= 4 is 11.6 Å². The van der Waals surface area contributed by atoms with Gasteiger partial charge in [-0.3, -0.25) is 4.79 Å². The molecule has 4 heteroatoms. The standard InChI is InChI=1S/C14H20N2O2/c15-8-5-11-1-3-13(4-2-11)16-14(17)12-6-9-18-10-7-12/h1-4,12H,5-10,15H2,(H,16,17). The molecule has 0 bridgehead atoms. The molecule has 2 rings (SSSR count). The van der Waals surface area contributed by atoms with E-state index in [2.05, 4.69) is 5.32 Å². The van der Waals surface area contributed by atoms with Crippen molar-refractivity contribution in [3.8, 4) is 0 Å². The molecular weight excluding hydrogens is 228 g/mol. The van der Waals surface area contributed by atoms with E-state index in [1.165, 1.54) is 5.56 Å². The lowest BCUT2D eigenvalue weighted by Gasteiger charge is -2.21. The summed E-state index contributed by atoms with van der Waals surface area (Å²) < 4.78 is 5.25. The zero-order valence-corrected chi connectivity index (χ0v) is 10.5. The number of carbonyl (C=O) groups is 1. The third-order valence-corrected chi connectivity index (χ3v) is 3.25. The van der Waals surface area contributed by atoms with Gasteiger partial charge < -0.3 is 15.8 Å². The number of hydrogen-bond acceptors (Lipinski definition) is 3. The monoisotopic (exact) mass is 248 g/mol. The fraction of sp³-hybridized carbons (Fsp3) is 0.500. The third kappa shape index (κ3) is 3.55. The molecule has 1 saturated heterocycles. The molecule has 0 saturated carbocycles. The Morgan fingerprint density at radius 2 is 1.94 bits per heavy atom. The lowest BCUT2D eigenvalue weighted by Crippen LogP contribution is -2.28. The van der Waals surface area contributed by atoms with Crippen LogP contribution in [0.2, 0.25) is 0 Å². The fourth-order valence-corrected chi connectivity index (χ4v) is 2.13. The van der Waals surface area contributed by atoms with E-state index in [0.29, 0.717) is 19.8 Å². The van der Waals surface area contributed by atoms with E-state index in [1.807, 2.05) is 24.3 Å². The highest BCUT2D eigenvalue weighted by molar-refractivity contribution is 5.92. The summed E-state index contributed by atoms with van der Waals surface area (Å²) in [6.07, 6.45) is 2.50. The van der Waals surface area contributed by atoms with Crippen molar-refractivity contribution < 1.29 is 9.53 Å². The largest absolute Gasteiger partial charge is 0.381 e. The average molecular weight is 248 g/mol. The van der Waals surface area contributed by atoms with Crippen LogP contribution in [-0.4, -0.2) is 25.7 Å². The summed E-state index contributed by atoms with van der Waals surface area (Å²) in [7, 11) is 0. The van der Waals surface area contributed by atoms with Gasteiger partial charge in [-0.05, 0) is 43.5 Å². The van der Waals surface area contributed by atoms with E-state index >= 15 is 0 Å². The molecule has 0 atom stereocenters. The Kier molecular flexibility index (Phi) is 4.73. The van der Waals surface area contributed by atoms with E-state index in [4.69, 9.17) is 10.5 Å². The molecule has 0 aromatic heterocycles. The van der Waals surface area contributed by atoms with Gasteiger partial charge in [0, 0.05) is 24.8 Å². The second kappa shape index (κ2) is 6.52. The van der Waals surface area contributed by atoms with Gasteiger partial charge in [0.05, 0.1) is 0 Å². The summed E-state index contributed by atoms with van der Waals surface area (Å²) in [5, 5.41) is 2.96. The lowest BCUT2D eigenvalue weighted by atomic mass is 9.99. The van der Waals surface area contributed by atoms with Crippen molar-refractivity contribution in [2.75, 3.05) is 25.1 Å². The molecule has 0 aliphatic carbocycles. The predicted octanol–water partition coefficient (Wildman–Crippen LogP) is 1.55. The van der Waals surface area contributed by atoms with Crippen molar-refractivity contribution in [1.29, 1.82) is 0 Å². The SMILES string of the molecule is NCCc1ccc(NC(=O)C2CCOCC2)cc1. The van der Waals surface area contributed by atoms with Crippen LogP contribution >= 0.6 is 0 Å². The van der Waals surface area contributed by atoms with Gasteiger partial charge in [-0.15, -0.1) is 0 Å². The Morgan fingerprint density at radius 3 is 2.56 bits per heavy atom. The van der Waals surface area contributed by atoms with Gasteiger partial charge in [0.25, 0.3) is 0 Å². The zero-order chi connectivity index (χ0) is 12.8. The molecule has 1 heterocycles. The van der Waals surface area contributed by atoms with E-state index < -0.39 is 0 Å². The second-order valence-corrected chi connectivity index (χ2v) is 4.61. The molecule has 1 aliphatic heterocycles. The Balaban J connectivity index is 1.89. The molecular formula is C14H20N2O2. The van der Waals surface area contributed by atoms with Gasteiger partial charge in [0.1, 0.15) is 0 Å². The summed E-state index contributed by atoms with van der Waals surface area (Å²) >= 11 is 0. The summed E-state index contributed by atoms with van der Waals surface area (Å²) in [6, 6.07) is 7.88. The summed E-state index contributed by atoms with van der Waals surface area (Å²) in [6.45, 7) is 2.02. The van der Waals surface area contributed by atoms with Crippen LogP contribution in [0.5, 0.6) is 0 Å². The molecule has 3 N–H and O–H groups in total. The molecule has 0 spiro atoms. The second-order valence-electron chi connectivity index (χ2n) is 4.61. The van der Waals surface area contributed by atoms with Gasteiger partial charge in [0.2, 0.25) is 5.91 Å². The van der Waals surface area contributed by atoms with Crippen LogP contribution in [0.4, 0.5) is 5.69 Å². The first kappa shape index (κ1) is 13.1. The van der Waals surface area contributed by atoms with Crippen molar-refractivity contribution in [2.24, 2.45) is 11.7 Å². The van der Waals surface area contributed by atoms with E-state index in [-0.39, 0.29) is 11.8 Å². The minimum Gasteiger partial charge on any atom is -0.381 e. The highest BCUT2D eigenvalue weighted by Gasteiger charge is 2.21. The molecule has 1 aromatic carbocycles. The highest BCUT2D eigenvalue weighted by Crippen LogP contribution is 2.18. The Labute approximate surface area is 108 Å². The fourth-order valence-electron chi connectivity index (χ4n) is 2.13. The maximum absolute atomic E-state index is 12.0. The molecule has 0 radical (unpaired) electrons. The van der Waals surface area contributed by atoms with Crippen LogP contribution in [0.1, 0.15) is 18.4 Å². The van der Waals surface area contributed by atoms with Gasteiger partial charge in [-0.2, -0.15) is 0 Å². The van der Waals surface area contributed by atoms with Crippen LogP contribution in [0.3, 0.4) is 0 Å². The number of nitrogens with two attached hydrogens (primary N) is 1. The maximum atomic E-state index is 12.0. The Morgan fingerprint density at radius 1 is 1.28 bits per heavy atom. The first-order valence-corrected chi connectivity index (χ1v) is 6.47. The van der Waals surface area contributed by atoms with Crippen molar-refractivity contribution in [2.45, 2.75) is 19.3 Å². The molecule has 18 heavy (non-hydrogen) atoms. The average Bonchev–Trinajstić information content (AvgIpc) is 2.42. The topological polar surface area (TPSA) is 64.3 Å². The van der Waals surface area contributed by atoms with Crippen molar-refractivity contribution in [1.82, 2.24) is 0 Å².